The van der Waals surface area contributed by atoms with Gasteiger partial charge in [-0.3, -0.25) is 0 Å². The molecule has 0 amide bonds. The minimum atomic E-state index is -3.79. The summed E-state index contributed by atoms with van der Waals surface area (Å²) >= 11 is 0. The van der Waals surface area contributed by atoms with Crippen LogP contribution in [0.2, 0.25) is 0 Å². The van der Waals surface area contributed by atoms with Gasteiger partial charge in [-0.2, -0.15) is 4.57 Å². The Labute approximate surface area is 183 Å². The minimum Gasteiger partial charge on any atom is -0.506 e. The highest BCUT2D eigenvalue weighted by Crippen LogP contribution is 2.38. The summed E-state index contributed by atoms with van der Waals surface area (Å²) in [6.07, 6.45) is 11.3. The zero-order chi connectivity index (χ0) is 22.4. The number of para-hydroxylation sites is 1. The molecular weight excluding hydrogens is 406 g/mol. The maximum atomic E-state index is 12.6. The van der Waals surface area contributed by atoms with Crippen molar-refractivity contribution >= 4 is 15.9 Å². The number of nitrogens with zero attached hydrogens (tertiary/aromatic N) is 1. The molecule has 4 nitrogen and oxygen atoms in total. The quantitative estimate of drug-likeness (QED) is 0.537. The van der Waals surface area contributed by atoms with Gasteiger partial charge in [-0.25, -0.2) is 8.42 Å². The van der Waals surface area contributed by atoms with E-state index >= 15 is 0 Å². The van der Waals surface area contributed by atoms with Gasteiger partial charge in [0, 0.05) is 29.3 Å². The van der Waals surface area contributed by atoms with Crippen LogP contribution in [0.5, 0.6) is 0 Å². The summed E-state index contributed by atoms with van der Waals surface area (Å²) in [4.78, 5) is -0.177. The van der Waals surface area contributed by atoms with E-state index in [9.17, 15) is 13.5 Å². The SMILES string of the molecule is C=CC1=C(C=C)S(=O)(=O)C(C=CC=Cc2cc[n+]3c(c2)C(C)(C)c2ccccc2-3)=C1O. The van der Waals surface area contributed by atoms with Crippen LogP contribution in [0.25, 0.3) is 11.8 Å². The van der Waals surface area contributed by atoms with Gasteiger partial charge in [0.1, 0.15) is 10.7 Å². The molecule has 0 saturated carbocycles. The first kappa shape index (κ1) is 20.8. The van der Waals surface area contributed by atoms with Gasteiger partial charge in [-0.1, -0.05) is 55.7 Å². The van der Waals surface area contributed by atoms with Crippen LogP contribution in [0.4, 0.5) is 0 Å². The van der Waals surface area contributed by atoms with Gasteiger partial charge in [0.25, 0.3) is 0 Å². The van der Waals surface area contributed by atoms with E-state index in [2.05, 4.69) is 62.0 Å². The topological polar surface area (TPSA) is 58.2 Å². The fourth-order valence-corrected chi connectivity index (χ4v) is 5.74. The monoisotopic (exact) mass is 430 g/mol. The predicted molar refractivity (Wildman–Crippen MR) is 124 cm³/mol. The lowest BCUT2D eigenvalue weighted by molar-refractivity contribution is -0.599. The van der Waals surface area contributed by atoms with Crippen molar-refractivity contribution in [1.29, 1.82) is 0 Å². The molecule has 0 unspecified atom stereocenters. The third-order valence-corrected chi connectivity index (χ3v) is 7.70. The number of aliphatic hydroxyl groups is 1. The zero-order valence-corrected chi connectivity index (χ0v) is 18.4. The summed E-state index contributed by atoms with van der Waals surface area (Å²) < 4.78 is 27.4. The summed E-state index contributed by atoms with van der Waals surface area (Å²) in [5, 5.41) is 10.3. The molecule has 0 spiro atoms. The second kappa shape index (κ2) is 7.36. The summed E-state index contributed by atoms with van der Waals surface area (Å²) in [6.45, 7) is 11.5. The molecule has 0 bridgehead atoms. The van der Waals surface area contributed by atoms with Crippen molar-refractivity contribution in [1.82, 2.24) is 0 Å². The lowest BCUT2D eigenvalue weighted by Crippen LogP contribution is -2.34. The van der Waals surface area contributed by atoms with Gasteiger partial charge < -0.3 is 5.11 Å². The number of allylic oxidation sites excluding steroid dienone is 5. The largest absolute Gasteiger partial charge is 0.506 e. The van der Waals surface area contributed by atoms with Crippen molar-refractivity contribution in [3.63, 3.8) is 0 Å². The number of hydrogen-bond acceptors (Lipinski definition) is 3. The standard InChI is InChI=1S/C26H23NO3S/c1-5-19-22(6-2)31(29,30)23(25(19)28)14-10-7-11-18-15-16-27-21-13-9-8-12-20(21)26(3,4)24(27)17-18/h5-17H,1-2H2,3-4H3/p+1. The lowest BCUT2D eigenvalue weighted by atomic mass is 9.83. The Kier molecular flexibility index (Phi) is 4.94. The molecular formula is C26H24NO3S+. The molecule has 4 rings (SSSR count). The van der Waals surface area contributed by atoms with Gasteiger partial charge >= 0.3 is 0 Å². The van der Waals surface area contributed by atoms with Crippen LogP contribution >= 0.6 is 0 Å². The van der Waals surface area contributed by atoms with Crippen LogP contribution in [0.1, 0.15) is 30.7 Å². The van der Waals surface area contributed by atoms with Gasteiger partial charge in [-0.15, -0.1) is 0 Å². The van der Waals surface area contributed by atoms with Crippen LogP contribution in [-0.4, -0.2) is 13.5 Å². The maximum Gasteiger partial charge on any atom is 0.215 e. The number of aromatic nitrogens is 1. The van der Waals surface area contributed by atoms with Crippen molar-refractivity contribution < 1.29 is 18.1 Å². The molecule has 0 fully saturated rings. The highest BCUT2D eigenvalue weighted by molar-refractivity contribution is 7.99. The number of benzene rings is 1. The molecule has 3 heterocycles. The summed E-state index contributed by atoms with van der Waals surface area (Å²) in [7, 11) is -3.79. The van der Waals surface area contributed by atoms with Crippen molar-refractivity contribution in [3.8, 4) is 5.69 Å². The Bertz CT molecular complexity index is 1350. The van der Waals surface area contributed by atoms with E-state index in [4.69, 9.17) is 0 Å². The average molecular weight is 431 g/mol. The van der Waals surface area contributed by atoms with Crippen LogP contribution in [0.15, 0.2) is 107 Å². The minimum absolute atomic E-state index is 0.0268. The fourth-order valence-electron chi connectivity index (χ4n) is 4.20. The third-order valence-electron chi connectivity index (χ3n) is 5.83. The number of hydrogen-bond donors (Lipinski definition) is 1. The van der Waals surface area contributed by atoms with Crippen molar-refractivity contribution in [3.05, 3.63) is 124 Å². The summed E-state index contributed by atoms with van der Waals surface area (Å²) in [5.74, 6) is -0.303. The second-order valence-electron chi connectivity index (χ2n) is 7.98. The molecule has 2 aliphatic heterocycles. The van der Waals surface area contributed by atoms with Crippen molar-refractivity contribution in [2.75, 3.05) is 0 Å². The smallest absolute Gasteiger partial charge is 0.215 e. The molecule has 1 aromatic heterocycles. The van der Waals surface area contributed by atoms with Crippen LogP contribution in [0.3, 0.4) is 0 Å². The van der Waals surface area contributed by atoms with E-state index in [-0.39, 0.29) is 26.6 Å². The van der Waals surface area contributed by atoms with Gasteiger partial charge in [0.15, 0.2) is 11.9 Å². The number of sulfone groups is 1. The van der Waals surface area contributed by atoms with Crippen molar-refractivity contribution in [2.24, 2.45) is 0 Å². The first-order valence-electron chi connectivity index (χ1n) is 9.92. The normalized spacial score (nSPS) is 18.6. The predicted octanol–water partition coefficient (Wildman–Crippen LogP) is 5.00. The number of rotatable bonds is 5. The first-order valence-corrected chi connectivity index (χ1v) is 11.4. The third kappa shape index (κ3) is 3.13. The molecule has 31 heavy (non-hydrogen) atoms. The van der Waals surface area contributed by atoms with E-state index < -0.39 is 9.84 Å². The molecule has 1 N–H and O–H groups in total. The number of pyridine rings is 1. The molecule has 0 radical (unpaired) electrons. The van der Waals surface area contributed by atoms with E-state index in [1.165, 1.54) is 35.2 Å². The zero-order valence-electron chi connectivity index (χ0n) is 17.5. The average Bonchev–Trinajstić information content (AvgIpc) is 3.09. The first-order chi connectivity index (χ1) is 14.7. The lowest BCUT2D eigenvalue weighted by Gasteiger charge is -2.14. The van der Waals surface area contributed by atoms with Crippen LogP contribution in [-0.2, 0) is 15.3 Å². The highest BCUT2D eigenvalue weighted by atomic mass is 32.2. The van der Waals surface area contributed by atoms with Gasteiger partial charge in [-0.05, 0) is 31.6 Å². The molecule has 156 valence electrons. The fraction of sp³-hybridized carbons (Fsp3) is 0.115. The molecule has 0 saturated heterocycles. The molecule has 0 aliphatic carbocycles. The number of fused-ring (bicyclic) bond motifs is 3. The second-order valence-corrected chi connectivity index (χ2v) is 9.86. The van der Waals surface area contributed by atoms with Gasteiger partial charge in [0.05, 0.1) is 10.3 Å². The van der Waals surface area contributed by atoms with Gasteiger partial charge in [0.2, 0.25) is 15.5 Å². The van der Waals surface area contributed by atoms with Crippen LogP contribution < -0.4 is 4.57 Å². The Morgan fingerprint density at radius 1 is 1.00 bits per heavy atom. The van der Waals surface area contributed by atoms with E-state index in [1.54, 1.807) is 12.2 Å². The van der Waals surface area contributed by atoms with Crippen molar-refractivity contribution in [2.45, 2.75) is 19.3 Å². The molecule has 0 atom stereocenters. The Morgan fingerprint density at radius 2 is 1.71 bits per heavy atom. The summed E-state index contributed by atoms with van der Waals surface area (Å²) in [5.41, 5.74) is 4.73. The Balaban J connectivity index is 1.62. The maximum absolute atomic E-state index is 12.6. The highest BCUT2D eigenvalue weighted by Gasteiger charge is 2.43. The van der Waals surface area contributed by atoms with Crippen LogP contribution in [0, 0.1) is 0 Å². The number of aliphatic hydroxyl groups excluding tert-OH is 1. The Morgan fingerprint density at radius 3 is 2.39 bits per heavy atom. The van der Waals surface area contributed by atoms with E-state index in [0.717, 1.165) is 5.56 Å². The van der Waals surface area contributed by atoms with E-state index in [1.807, 2.05) is 18.2 Å². The van der Waals surface area contributed by atoms with E-state index in [0.29, 0.717) is 0 Å². The molecule has 1 aromatic carbocycles. The molecule has 2 aromatic rings. The summed E-state index contributed by atoms with van der Waals surface area (Å²) in [6, 6.07) is 12.5. The Hall–Kier alpha value is -3.44. The molecule has 2 aliphatic rings. The molecule has 5 heteroatoms.